The minimum absolute atomic E-state index is 0. The van der Waals surface area contributed by atoms with E-state index < -0.39 is 0 Å². The number of nitrogens with one attached hydrogen (secondary N) is 1. The van der Waals surface area contributed by atoms with E-state index in [4.69, 9.17) is 11.6 Å². The summed E-state index contributed by atoms with van der Waals surface area (Å²) >= 11 is 5.74. The molecule has 1 aromatic heterocycles. The van der Waals surface area contributed by atoms with Crippen LogP contribution in [0, 0.1) is 0 Å². The fourth-order valence-electron chi connectivity index (χ4n) is 1.74. The van der Waals surface area contributed by atoms with Crippen LogP contribution in [0.25, 0.3) is 0 Å². The highest BCUT2D eigenvalue weighted by molar-refractivity contribution is 6.30. The number of aromatic nitrogens is 2. The Balaban J connectivity index is 0.00000144. The van der Waals surface area contributed by atoms with Crippen LogP contribution in [-0.2, 0) is 11.3 Å². The summed E-state index contributed by atoms with van der Waals surface area (Å²) in [5.74, 6) is 0.188. The van der Waals surface area contributed by atoms with Gasteiger partial charge in [0.25, 0.3) is 0 Å². The molecule has 1 saturated heterocycles. The van der Waals surface area contributed by atoms with Crippen LogP contribution < -0.4 is 5.32 Å². The molecule has 5 nitrogen and oxygen atoms in total. The third kappa shape index (κ3) is 4.18. The summed E-state index contributed by atoms with van der Waals surface area (Å²) < 4.78 is 1.70. The maximum atomic E-state index is 11.8. The molecular weight excluding hydrogens is 263 g/mol. The SMILES string of the molecule is Cl.O=C(CCn1cc(Cl)cn1)N1CCNCC1. The van der Waals surface area contributed by atoms with Crippen molar-refractivity contribution in [3.05, 3.63) is 17.4 Å². The predicted molar refractivity (Wildman–Crippen MR) is 68.6 cm³/mol. The second-order valence-corrected chi connectivity index (χ2v) is 4.24. The Bertz CT molecular complexity index is 363. The lowest BCUT2D eigenvalue weighted by atomic mass is 10.3. The summed E-state index contributed by atoms with van der Waals surface area (Å²) in [7, 11) is 0. The third-order valence-electron chi connectivity index (χ3n) is 2.63. The van der Waals surface area contributed by atoms with Gasteiger partial charge in [-0.15, -0.1) is 12.4 Å². The van der Waals surface area contributed by atoms with Crippen molar-refractivity contribution >= 4 is 29.9 Å². The molecule has 0 spiro atoms. The molecule has 2 heterocycles. The van der Waals surface area contributed by atoms with Crippen LogP contribution in [0.3, 0.4) is 0 Å². The molecule has 17 heavy (non-hydrogen) atoms. The van der Waals surface area contributed by atoms with Crippen molar-refractivity contribution in [2.24, 2.45) is 0 Å². The van der Waals surface area contributed by atoms with Crippen LogP contribution in [0.15, 0.2) is 12.4 Å². The number of carbonyl (C=O) groups is 1. The normalized spacial score (nSPS) is 15.5. The summed E-state index contributed by atoms with van der Waals surface area (Å²) in [6.07, 6.45) is 3.79. The van der Waals surface area contributed by atoms with Gasteiger partial charge in [-0.1, -0.05) is 11.6 Å². The van der Waals surface area contributed by atoms with Crippen LogP contribution >= 0.6 is 24.0 Å². The highest BCUT2D eigenvalue weighted by Gasteiger charge is 2.15. The number of hydrogen-bond donors (Lipinski definition) is 1. The van der Waals surface area contributed by atoms with Crippen LogP contribution in [0.2, 0.25) is 5.02 Å². The Hall–Kier alpha value is -0.780. The molecule has 0 saturated carbocycles. The van der Waals surface area contributed by atoms with Crippen LogP contribution in [0.1, 0.15) is 6.42 Å². The van der Waals surface area contributed by atoms with E-state index in [1.54, 1.807) is 17.1 Å². The molecule has 1 N–H and O–H groups in total. The fraction of sp³-hybridized carbons (Fsp3) is 0.600. The number of nitrogens with zero attached hydrogens (tertiary/aromatic N) is 3. The van der Waals surface area contributed by atoms with Crippen LogP contribution in [-0.4, -0.2) is 46.8 Å². The molecule has 0 radical (unpaired) electrons. The number of piperazine rings is 1. The first-order chi connectivity index (χ1) is 7.75. The molecule has 0 aromatic carbocycles. The summed E-state index contributed by atoms with van der Waals surface area (Å²) in [6, 6.07) is 0. The fourth-order valence-corrected chi connectivity index (χ4v) is 1.90. The van der Waals surface area contributed by atoms with Crippen molar-refractivity contribution in [1.29, 1.82) is 0 Å². The summed E-state index contributed by atoms with van der Waals surface area (Å²) in [6.45, 7) is 3.98. The maximum Gasteiger partial charge on any atom is 0.224 e. The van der Waals surface area contributed by atoms with Gasteiger partial charge >= 0.3 is 0 Å². The number of hydrogen-bond acceptors (Lipinski definition) is 3. The lowest BCUT2D eigenvalue weighted by molar-refractivity contribution is -0.132. The Morgan fingerprint density at radius 2 is 2.18 bits per heavy atom. The Labute approximate surface area is 112 Å². The van der Waals surface area contributed by atoms with E-state index in [-0.39, 0.29) is 18.3 Å². The van der Waals surface area contributed by atoms with Crippen molar-refractivity contribution in [3.63, 3.8) is 0 Å². The topological polar surface area (TPSA) is 50.2 Å². The predicted octanol–water partition coefficient (Wildman–Crippen LogP) is 0.780. The smallest absolute Gasteiger partial charge is 0.224 e. The van der Waals surface area contributed by atoms with E-state index in [9.17, 15) is 4.79 Å². The van der Waals surface area contributed by atoms with Crippen LogP contribution in [0.4, 0.5) is 0 Å². The maximum absolute atomic E-state index is 11.8. The highest BCUT2D eigenvalue weighted by atomic mass is 35.5. The first kappa shape index (κ1) is 14.3. The number of amides is 1. The molecule has 0 bridgehead atoms. The zero-order chi connectivity index (χ0) is 11.4. The summed E-state index contributed by atoms with van der Waals surface area (Å²) in [5.41, 5.74) is 0. The average Bonchev–Trinajstić information content (AvgIpc) is 2.73. The zero-order valence-corrected chi connectivity index (χ0v) is 11.0. The monoisotopic (exact) mass is 278 g/mol. The molecule has 0 atom stereocenters. The van der Waals surface area contributed by atoms with Gasteiger partial charge in [-0.3, -0.25) is 9.48 Å². The number of rotatable bonds is 3. The van der Waals surface area contributed by atoms with E-state index in [0.717, 1.165) is 26.2 Å². The second kappa shape index (κ2) is 6.83. The lowest BCUT2D eigenvalue weighted by Crippen LogP contribution is -2.46. The first-order valence-corrected chi connectivity index (χ1v) is 5.80. The molecule has 2 rings (SSSR count). The quantitative estimate of drug-likeness (QED) is 0.889. The molecule has 96 valence electrons. The largest absolute Gasteiger partial charge is 0.340 e. The van der Waals surface area contributed by atoms with Gasteiger partial charge in [0.05, 0.1) is 11.2 Å². The summed E-state index contributed by atoms with van der Waals surface area (Å²) in [4.78, 5) is 13.7. The van der Waals surface area contributed by atoms with Crippen molar-refractivity contribution in [1.82, 2.24) is 20.0 Å². The van der Waals surface area contributed by atoms with Gasteiger partial charge in [0.15, 0.2) is 0 Å². The summed E-state index contributed by atoms with van der Waals surface area (Å²) in [5, 5.41) is 7.86. The van der Waals surface area contributed by atoms with Gasteiger partial charge < -0.3 is 10.2 Å². The second-order valence-electron chi connectivity index (χ2n) is 3.80. The first-order valence-electron chi connectivity index (χ1n) is 5.42. The lowest BCUT2D eigenvalue weighted by Gasteiger charge is -2.27. The van der Waals surface area contributed by atoms with Crippen molar-refractivity contribution in [2.75, 3.05) is 26.2 Å². The molecule has 0 unspecified atom stereocenters. The number of carbonyl (C=O) groups excluding carboxylic acids is 1. The van der Waals surface area contributed by atoms with E-state index in [1.807, 2.05) is 4.90 Å². The van der Waals surface area contributed by atoms with Gasteiger partial charge in [-0.2, -0.15) is 5.10 Å². The molecule has 7 heteroatoms. The van der Waals surface area contributed by atoms with Gasteiger partial charge in [0.2, 0.25) is 5.91 Å². The molecule has 1 fully saturated rings. The molecule has 1 amide bonds. The van der Waals surface area contributed by atoms with Gasteiger partial charge in [0.1, 0.15) is 0 Å². The number of halogens is 2. The molecule has 1 aromatic rings. The van der Waals surface area contributed by atoms with E-state index in [0.29, 0.717) is 18.0 Å². The van der Waals surface area contributed by atoms with Crippen molar-refractivity contribution in [3.8, 4) is 0 Å². The van der Waals surface area contributed by atoms with E-state index in [1.165, 1.54) is 0 Å². The standard InChI is InChI=1S/C10H15ClN4O.ClH/c11-9-7-13-15(8-9)4-1-10(16)14-5-2-12-3-6-14;/h7-8,12H,1-6H2;1H. The average molecular weight is 279 g/mol. The molecule has 0 aliphatic carbocycles. The van der Waals surface area contributed by atoms with Gasteiger partial charge in [-0.25, -0.2) is 0 Å². The molecular formula is C10H16Cl2N4O. The number of aryl methyl sites for hydroxylation is 1. The Morgan fingerprint density at radius 3 is 2.76 bits per heavy atom. The van der Waals surface area contributed by atoms with E-state index >= 15 is 0 Å². The Kier molecular flexibility index (Phi) is 5.74. The molecule has 1 aliphatic rings. The minimum atomic E-state index is 0. The Morgan fingerprint density at radius 1 is 1.47 bits per heavy atom. The van der Waals surface area contributed by atoms with Gasteiger partial charge in [0, 0.05) is 45.3 Å². The minimum Gasteiger partial charge on any atom is -0.340 e. The van der Waals surface area contributed by atoms with E-state index in [2.05, 4.69) is 10.4 Å². The molecule has 1 aliphatic heterocycles. The third-order valence-corrected chi connectivity index (χ3v) is 2.82. The van der Waals surface area contributed by atoms with Crippen molar-refractivity contribution in [2.45, 2.75) is 13.0 Å². The highest BCUT2D eigenvalue weighted by Crippen LogP contribution is 2.06. The van der Waals surface area contributed by atoms with Crippen LogP contribution in [0.5, 0.6) is 0 Å². The zero-order valence-electron chi connectivity index (χ0n) is 9.43. The van der Waals surface area contributed by atoms with Crippen molar-refractivity contribution < 1.29 is 4.79 Å². The van der Waals surface area contributed by atoms with Gasteiger partial charge in [-0.05, 0) is 0 Å².